The van der Waals surface area contributed by atoms with E-state index < -0.39 is 4.92 Å². The summed E-state index contributed by atoms with van der Waals surface area (Å²) in [5.41, 5.74) is 0.972. The summed E-state index contributed by atoms with van der Waals surface area (Å²) in [6.45, 7) is 0.682. The van der Waals surface area contributed by atoms with Gasteiger partial charge < -0.3 is 5.32 Å². The van der Waals surface area contributed by atoms with Crippen LogP contribution in [0.1, 0.15) is 44.1 Å². The van der Waals surface area contributed by atoms with Gasteiger partial charge in [-0.25, -0.2) is 0 Å². The Balaban J connectivity index is 1.93. The van der Waals surface area contributed by atoms with Gasteiger partial charge >= 0.3 is 0 Å². The monoisotopic (exact) mass is 282 g/mol. The van der Waals surface area contributed by atoms with Crippen molar-refractivity contribution in [1.29, 1.82) is 0 Å². The molecule has 0 atom stereocenters. The van der Waals surface area contributed by atoms with E-state index in [0.717, 1.165) is 5.56 Å². The normalized spacial score (nSPS) is 17.1. The van der Waals surface area contributed by atoms with Gasteiger partial charge in [-0.05, 0) is 24.5 Å². The smallest absolute Gasteiger partial charge is 0.270 e. The van der Waals surface area contributed by atoms with Crippen LogP contribution >= 0.6 is 11.6 Å². The summed E-state index contributed by atoms with van der Waals surface area (Å²) in [6, 6.07) is 5.22. The first-order chi connectivity index (χ1) is 9.16. The second kappa shape index (κ2) is 6.87. The highest BCUT2D eigenvalue weighted by Gasteiger charge is 2.13. The van der Waals surface area contributed by atoms with Gasteiger partial charge in [0.15, 0.2) is 0 Å². The Morgan fingerprint density at radius 1 is 1.26 bits per heavy atom. The molecule has 1 saturated carbocycles. The fourth-order valence-corrected chi connectivity index (χ4v) is 2.77. The highest BCUT2D eigenvalue weighted by molar-refractivity contribution is 6.31. The molecule has 0 radical (unpaired) electrons. The van der Waals surface area contributed by atoms with Crippen LogP contribution in [0, 0.1) is 10.1 Å². The number of nitro groups is 1. The fourth-order valence-electron chi connectivity index (χ4n) is 2.53. The molecule has 0 heterocycles. The highest BCUT2D eigenvalue weighted by atomic mass is 35.5. The summed E-state index contributed by atoms with van der Waals surface area (Å²) in [5.74, 6) is 0. The summed E-state index contributed by atoms with van der Waals surface area (Å²) < 4.78 is 0. The molecule has 0 bridgehead atoms. The van der Waals surface area contributed by atoms with E-state index in [1.165, 1.54) is 50.7 Å². The number of hydrogen-bond acceptors (Lipinski definition) is 3. The van der Waals surface area contributed by atoms with Crippen molar-refractivity contribution in [2.24, 2.45) is 0 Å². The maximum Gasteiger partial charge on any atom is 0.270 e. The number of nitro benzene ring substituents is 1. The third-order valence-corrected chi connectivity index (χ3v) is 4.04. The van der Waals surface area contributed by atoms with Crippen LogP contribution in [-0.4, -0.2) is 11.0 Å². The van der Waals surface area contributed by atoms with Crippen LogP contribution in [0.3, 0.4) is 0 Å². The van der Waals surface area contributed by atoms with E-state index in [1.807, 2.05) is 0 Å². The average Bonchev–Trinajstić information content (AvgIpc) is 2.65. The van der Waals surface area contributed by atoms with Gasteiger partial charge in [-0.15, -0.1) is 0 Å². The number of nitrogens with one attached hydrogen (secondary N) is 1. The minimum atomic E-state index is -0.422. The molecule has 0 spiro atoms. The number of rotatable bonds is 4. The summed E-state index contributed by atoms with van der Waals surface area (Å²) >= 11 is 6.08. The molecule has 1 aromatic rings. The van der Waals surface area contributed by atoms with Gasteiger partial charge in [0.25, 0.3) is 5.69 Å². The molecule has 0 saturated heterocycles. The topological polar surface area (TPSA) is 55.2 Å². The van der Waals surface area contributed by atoms with Crippen molar-refractivity contribution in [1.82, 2.24) is 5.32 Å². The van der Waals surface area contributed by atoms with Gasteiger partial charge in [-0.3, -0.25) is 10.1 Å². The summed E-state index contributed by atoms with van der Waals surface area (Å²) in [4.78, 5) is 10.2. The molecule has 1 aliphatic carbocycles. The Kier molecular flexibility index (Phi) is 5.16. The first kappa shape index (κ1) is 14.3. The predicted octanol–water partition coefficient (Wildman–Crippen LogP) is 4.06. The Morgan fingerprint density at radius 2 is 1.95 bits per heavy atom. The molecule has 2 rings (SSSR count). The molecule has 0 aliphatic heterocycles. The van der Waals surface area contributed by atoms with Crippen molar-refractivity contribution in [2.45, 2.75) is 51.1 Å². The molecule has 5 heteroatoms. The van der Waals surface area contributed by atoms with Gasteiger partial charge in [0.1, 0.15) is 0 Å². The molecule has 1 aromatic carbocycles. The summed E-state index contributed by atoms with van der Waals surface area (Å²) in [5, 5.41) is 14.6. The zero-order chi connectivity index (χ0) is 13.7. The number of halogens is 1. The summed E-state index contributed by atoms with van der Waals surface area (Å²) in [6.07, 6.45) is 7.65. The van der Waals surface area contributed by atoms with Crippen LogP contribution in [0.5, 0.6) is 0 Å². The van der Waals surface area contributed by atoms with Gasteiger partial charge in [-0.1, -0.05) is 37.3 Å². The lowest BCUT2D eigenvalue weighted by Crippen LogP contribution is -2.27. The van der Waals surface area contributed by atoms with E-state index in [-0.39, 0.29) is 5.69 Å². The van der Waals surface area contributed by atoms with Crippen molar-refractivity contribution in [3.05, 3.63) is 38.9 Å². The Bertz CT molecular complexity index is 443. The lowest BCUT2D eigenvalue weighted by atomic mass is 10.1. The lowest BCUT2D eigenvalue weighted by molar-refractivity contribution is -0.384. The molecule has 0 aromatic heterocycles. The third kappa shape index (κ3) is 4.18. The maximum absolute atomic E-state index is 10.6. The van der Waals surface area contributed by atoms with E-state index in [0.29, 0.717) is 17.6 Å². The third-order valence-electron chi connectivity index (χ3n) is 3.68. The Morgan fingerprint density at radius 3 is 2.53 bits per heavy atom. The standard InChI is InChI=1S/C14H19ClN2O2/c15-14-9-13(17(18)19)8-7-11(14)10-16-12-5-3-1-2-4-6-12/h7-9,12,16H,1-6,10H2. The molecule has 4 nitrogen and oxygen atoms in total. The molecule has 1 aliphatic rings. The highest BCUT2D eigenvalue weighted by Crippen LogP contribution is 2.23. The van der Waals surface area contributed by atoms with Crippen LogP contribution in [0.2, 0.25) is 5.02 Å². The molecule has 1 fully saturated rings. The molecule has 0 unspecified atom stereocenters. The minimum absolute atomic E-state index is 0.0446. The van der Waals surface area contributed by atoms with Crippen LogP contribution < -0.4 is 5.32 Å². The Labute approximate surface area is 118 Å². The summed E-state index contributed by atoms with van der Waals surface area (Å²) in [7, 11) is 0. The first-order valence-corrected chi connectivity index (χ1v) is 7.21. The van der Waals surface area contributed by atoms with Crippen LogP contribution in [0.4, 0.5) is 5.69 Å². The molecule has 19 heavy (non-hydrogen) atoms. The fraction of sp³-hybridized carbons (Fsp3) is 0.571. The minimum Gasteiger partial charge on any atom is -0.310 e. The van der Waals surface area contributed by atoms with E-state index in [2.05, 4.69) is 5.32 Å². The van der Waals surface area contributed by atoms with E-state index in [4.69, 9.17) is 11.6 Å². The molecule has 0 amide bonds. The van der Waals surface area contributed by atoms with E-state index >= 15 is 0 Å². The number of non-ortho nitro benzene ring substituents is 1. The van der Waals surface area contributed by atoms with Crippen molar-refractivity contribution in [3.63, 3.8) is 0 Å². The van der Waals surface area contributed by atoms with Gasteiger partial charge in [-0.2, -0.15) is 0 Å². The average molecular weight is 283 g/mol. The van der Waals surface area contributed by atoms with Crippen molar-refractivity contribution < 1.29 is 4.92 Å². The van der Waals surface area contributed by atoms with Crippen molar-refractivity contribution in [3.8, 4) is 0 Å². The SMILES string of the molecule is O=[N+]([O-])c1ccc(CNC2CCCCCC2)c(Cl)c1. The zero-order valence-corrected chi connectivity index (χ0v) is 11.7. The molecule has 1 N–H and O–H groups in total. The van der Waals surface area contributed by atoms with Gasteiger partial charge in [0.2, 0.25) is 0 Å². The quantitative estimate of drug-likeness (QED) is 0.515. The number of nitrogens with zero attached hydrogens (tertiary/aromatic N) is 1. The number of benzene rings is 1. The Hall–Kier alpha value is -1.13. The molecular weight excluding hydrogens is 264 g/mol. The second-order valence-electron chi connectivity index (χ2n) is 5.10. The second-order valence-corrected chi connectivity index (χ2v) is 5.51. The predicted molar refractivity (Wildman–Crippen MR) is 76.4 cm³/mol. The van der Waals surface area contributed by atoms with Crippen LogP contribution in [0.25, 0.3) is 0 Å². The van der Waals surface area contributed by atoms with Crippen molar-refractivity contribution in [2.75, 3.05) is 0 Å². The van der Waals surface area contributed by atoms with Crippen LogP contribution in [-0.2, 0) is 6.54 Å². The van der Waals surface area contributed by atoms with E-state index in [9.17, 15) is 10.1 Å². The van der Waals surface area contributed by atoms with Gasteiger partial charge in [0.05, 0.1) is 9.95 Å². The maximum atomic E-state index is 10.6. The lowest BCUT2D eigenvalue weighted by Gasteiger charge is -2.16. The number of hydrogen-bond donors (Lipinski definition) is 1. The van der Waals surface area contributed by atoms with Crippen molar-refractivity contribution >= 4 is 17.3 Å². The molecular formula is C14H19ClN2O2. The molecule has 104 valence electrons. The largest absolute Gasteiger partial charge is 0.310 e. The zero-order valence-electron chi connectivity index (χ0n) is 10.9. The van der Waals surface area contributed by atoms with Gasteiger partial charge in [0, 0.05) is 24.7 Å². The van der Waals surface area contributed by atoms with E-state index in [1.54, 1.807) is 6.07 Å². The van der Waals surface area contributed by atoms with Crippen LogP contribution in [0.15, 0.2) is 18.2 Å². The first-order valence-electron chi connectivity index (χ1n) is 6.83.